The Labute approximate surface area is 174 Å². The Hall–Kier alpha value is -3.32. The monoisotopic (exact) mass is 400 g/mol. The van der Waals surface area contributed by atoms with E-state index in [4.69, 9.17) is 4.98 Å². The van der Waals surface area contributed by atoms with E-state index < -0.39 is 0 Å². The molecule has 0 aliphatic carbocycles. The van der Waals surface area contributed by atoms with Gasteiger partial charge < -0.3 is 5.32 Å². The highest BCUT2D eigenvalue weighted by molar-refractivity contribution is 5.70. The van der Waals surface area contributed by atoms with Gasteiger partial charge in [0.1, 0.15) is 11.3 Å². The van der Waals surface area contributed by atoms with E-state index in [2.05, 4.69) is 34.5 Å². The molecule has 0 bridgehead atoms. The van der Waals surface area contributed by atoms with Gasteiger partial charge in [0.25, 0.3) is 5.56 Å². The molecule has 0 saturated carbocycles. The third kappa shape index (κ3) is 3.11. The molecule has 0 atom stereocenters. The Kier molecular flexibility index (Phi) is 4.47. The highest BCUT2D eigenvalue weighted by Crippen LogP contribution is 2.24. The molecule has 0 aromatic carbocycles. The Morgan fingerprint density at radius 3 is 2.73 bits per heavy atom. The molecule has 0 radical (unpaired) electrons. The Morgan fingerprint density at radius 1 is 1.10 bits per heavy atom. The third-order valence-electron chi connectivity index (χ3n) is 5.63. The molecule has 7 heteroatoms. The average molecular weight is 400 g/mol. The number of aromatic nitrogens is 5. The summed E-state index contributed by atoms with van der Waals surface area (Å²) in [5, 5.41) is 8.00. The van der Waals surface area contributed by atoms with Crippen LogP contribution in [0.1, 0.15) is 35.9 Å². The van der Waals surface area contributed by atoms with Crippen LogP contribution in [0.4, 0.5) is 0 Å². The van der Waals surface area contributed by atoms with Crippen LogP contribution in [0.25, 0.3) is 28.1 Å². The lowest BCUT2D eigenvalue weighted by atomic mass is 10.0. The predicted molar refractivity (Wildman–Crippen MR) is 118 cm³/mol. The number of rotatable bonds is 3. The summed E-state index contributed by atoms with van der Waals surface area (Å²) < 4.78 is 3.48. The van der Waals surface area contributed by atoms with Crippen LogP contribution in [0.2, 0.25) is 0 Å². The van der Waals surface area contributed by atoms with E-state index >= 15 is 0 Å². The van der Waals surface area contributed by atoms with Crippen molar-refractivity contribution in [2.45, 2.75) is 33.6 Å². The number of hydrogen-bond acceptors (Lipinski definition) is 5. The van der Waals surface area contributed by atoms with E-state index in [0.717, 1.165) is 54.0 Å². The first-order valence-corrected chi connectivity index (χ1v) is 10.3. The quantitative estimate of drug-likeness (QED) is 0.572. The van der Waals surface area contributed by atoms with Crippen molar-refractivity contribution in [2.75, 3.05) is 13.1 Å². The van der Waals surface area contributed by atoms with Gasteiger partial charge in [0.2, 0.25) is 0 Å². The molecule has 0 spiro atoms. The summed E-state index contributed by atoms with van der Waals surface area (Å²) in [6.45, 7) is 7.85. The number of nitrogens with zero attached hydrogens (tertiary/aromatic N) is 5. The molecule has 1 aliphatic heterocycles. The lowest BCUT2D eigenvalue weighted by molar-refractivity contribution is 0.738. The van der Waals surface area contributed by atoms with E-state index in [1.54, 1.807) is 10.5 Å². The lowest BCUT2D eigenvalue weighted by Gasteiger charge is -2.16. The van der Waals surface area contributed by atoms with Crippen molar-refractivity contribution in [3.05, 3.63) is 69.5 Å². The van der Waals surface area contributed by atoms with Gasteiger partial charge >= 0.3 is 0 Å². The predicted octanol–water partition coefficient (Wildman–Crippen LogP) is 2.96. The minimum Gasteiger partial charge on any atom is -0.313 e. The van der Waals surface area contributed by atoms with Gasteiger partial charge in [-0.3, -0.25) is 14.2 Å². The van der Waals surface area contributed by atoms with E-state index in [1.807, 2.05) is 36.8 Å². The maximum Gasteiger partial charge on any atom is 0.258 e. The minimum absolute atomic E-state index is 0.100. The molecule has 5 rings (SSSR count). The molecule has 5 heterocycles. The van der Waals surface area contributed by atoms with Crippen molar-refractivity contribution in [1.82, 2.24) is 29.3 Å². The third-order valence-corrected chi connectivity index (χ3v) is 5.63. The molecule has 30 heavy (non-hydrogen) atoms. The smallest absolute Gasteiger partial charge is 0.258 e. The van der Waals surface area contributed by atoms with Gasteiger partial charge in [-0.05, 0) is 62.1 Å². The molecule has 0 unspecified atom stereocenters. The highest BCUT2D eigenvalue weighted by Gasteiger charge is 2.15. The van der Waals surface area contributed by atoms with Crippen LogP contribution in [0.15, 0.2) is 41.5 Å². The highest BCUT2D eigenvalue weighted by atomic mass is 16.1. The van der Waals surface area contributed by atoms with Crippen molar-refractivity contribution in [2.24, 2.45) is 0 Å². The summed E-state index contributed by atoms with van der Waals surface area (Å²) in [5.41, 5.74) is 8.01. The molecule has 1 aliphatic rings. The van der Waals surface area contributed by atoms with Gasteiger partial charge in [0.05, 0.1) is 28.8 Å². The molecule has 7 nitrogen and oxygen atoms in total. The van der Waals surface area contributed by atoms with Crippen LogP contribution in [0.5, 0.6) is 0 Å². The molecule has 0 saturated heterocycles. The standard InChI is InChI=1S/C23H24N6O/c1-4-18-21-10-20(27-29(21)12-15(3)25-18)19-11-22(30)28-13-17(9-14(2)23(28)26-19)16-5-7-24-8-6-16/h5,9-13,24H,4,6-8H2,1-3H3. The first-order valence-electron chi connectivity index (χ1n) is 10.3. The number of hydrogen-bond donors (Lipinski definition) is 1. The van der Waals surface area contributed by atoms with Crippen molar-refractivity contribution in [3.63, 3.8) is 0 Å². The molecule has 0 amide bonds. The largest absolute Gasteiger partial charge is 0.313 e. The Bertz CT molecular complexity index is 1380. The van der Waals surface area contributed by atoms with Gasteiger partial charge in [0, 0.05) is 18.8 Å². The van der Waals surface area contributed by atoms with E-state index in [1.165, 1.54) is 5.57 Å². The van der Waals surface area contributed by atoms with Crippen LogP contribution in [0, 0.1) is 13.8 Å². The fourth-order valence-corrected chi connectivity index (χ4v) is 4.13. The topological polar surface area (TPSA) is 76.6 Å². The SMILES string of the molecule is CCc1nc(C)cn2nc(-c3cc(=O)n4cc(C5=CCNCC5)cc(C)c4n3)cc12. The molecular weight excluding hydrogens is 376 g/mol. The number of aryl methyl sites for hydroxylation is 3. The first-order chi connectivity index (χ1) is 14.5. The van der Waals surface area contributed by atoms with Crippen molar-refractivity contribution in [1.29, 1.82) is 0 Å². The zero-order valence-corrected chi connectivity index (χ0v) is 17.4. The molecular formula is C23H24N6O. The van der Waals surface area contributed by atoms with Gasteiger partial charge in [-0.2, -0.15) is 5.10 Å². The van der Waals surface area contributed by atoms with Crippen LogP contribution >= 0.6 is 0 Å². The van der Waals surface area contributed by atoms with Gasteiger partial charge in [-0.1, -0.05) is 13.0 Å². The zero-order chi connectivity index (χ0) is 20.8. The second kappa shape index (κ2) is 7.18. The van der Waals surface area contributed by atoms with Crippen molar-refractivity contribution in [3.8, 4) is 11.4 Å². The van der Waals surface area contributed by atoms with Crippen molar-refractivity contribution < 1.29 is 0 Å². The van der Waals surface area contributed by atoms with Gasteiger partial charge in [-0.15, -0.1) is 0 Å². The molecule has 4 aromatic rings. The van der Waals surface area contributed by atoms with Crippen LogP contribution in [-0.4, -0.2) is 37.1 Å². The Balaban J connectivity index is 1.66. The zero-order valence-electron chi connectivity index (χ0n) is 17.4. The number of pyridine rings is 1. The van der Waals surface area contributed by atoms with E-state index in [-0.39, 0.29) is 5.56 Å². The van der Waals surface area contributed by atoms with Gasteiger partial charge in [-0.25, -0.2) is 9.50 Å². The lowest BCUT2D eigenvalue weighted by Crippen LogP contribution is -2.21. The van der Waals surface area contributed by atoms with Crippen LogP contribution in [-0.2, 0) is 6.42 Å². The summed E-state index contributed by atoms with van der Waals surface area (Å²) in [7, 11) is 0. The number of nitrogens with one attached hydrogen (secondary N) is 1. The first kappa shape index (κ1) is 18.7. The summed E-state index contributed by atoms with van der Waals surface area (Å²) in [5.74, 6) is 0. The maximum atomic E-state index is 13.0. The van der Waals surface area contributed by atoms with E-state index in [9.17, 15) is 4.79 Å². The van der Waals surface area contributed by atoms with Crippen molar-refractivity contribution >= 4 is 16.7 Å². The summed E-state index contributed by atoms with van der Waals surface area (Å²) in [4.78, 5) is 22.4. The Morgan fingerprint density at radius 2 is 1.97 bits per heavy atom. The maximum absolute atomic E-state index is 13.0. The minimum atomic E-state index is -0.100. The summed E-state index contributed by atoms with van der Waals surface area (Å²) in [6.07, 6.45) is 7.77. The normalized spacial score (nSPS) is 14.4. The second-order valence-corrected chi connectivity index (χ2v) is 7.81. The second-order valence-electron chi connectivity index (χ2n) is 7.81. The summed E-state index contributed by atoms with van der Waals surface area (Å²) in [6, 6.07) is 5.66. The van der Waals surface area contributed by atoms with Crippen LogP contribution < -0.4 is 10.9 Å². The van der Waals surface area contributed by atoms with Gasteiger partial charge in [0.15, 0.2) is 0 Å². The summed E-state index contributed by atoms with van der Waals surface area (Å²) >= 11 is 0. The molecule has 0 fully saturated rings. The average Bonchev–Trinajstić information content (AvgIpc) is 3.18. The molecule has 1 N–H and O–H groups in total. The van der Waals surface area contributed by atoms with E-state index in [0.29, 0.717) is 17.0 Å². The van der Waals surface area contributed by atoms with Crippen LogP contribution in [0.3, 0.4) is 0 Å². The number of fused-ring (bicyclic) bond motifs is 2. The molecule has 4 aromatic heterocycles. The molecule has 152 valence electrons. The fourth-order valence-electron chi connectivity index (χ4n) is 4.13. The fraction of sp³-hybridized carbons (Fsp3) is 0.304.